The van der Waals surface area contributed by atoms with Crippen LogP contribution >= 0.6 is 11.3 Å². The van der Waals surface area contributed by atoms with Crippen LogP contribution in [0.3, 0.4) is 0 Å². The molecule has 10 heteroatoms. The fourth-order valence-electron chi connectivity index (χ4n) is 5.38. The third-order valence-corrected chi connectivity index (χ3v) is 7.73. The number of piperazine rings is 1. The van der Waals surface area contributed by atoms with Crippen molar-refractivity contribution in [1.82, 2.24) is 14.9 Å². The number of benzene rings is 1. The van der Waals surface area contributed by atoms with Gasteiger partial charge in [-0.25, -0.2) is 9.78 Å². The number of hydrogen-bond acceptors (Lipinski definition) is 9. The van der Waals surface area contributed by atoms with E-state index in [2.05, 4.69) is 9.88 Å². The summed E-state index contributed by atoms with van der Waals surface area (Å²) in [7, 11) is 0. The normalized spacial score (nSPS) is 24.4. The molecular weight excluding hydrogens is 480 g/mol. The van der Waals surface area contributed by atoms with Gasteiger partial charge < -0.3 is 23.5 Å². The topological polar surface area (TPSA) is 90.2 Å². The highest BCUT2D eigenvalue weighted by Gasteiger charge is 2.45. The van der Waals surface area contributed by atoms with Gasteiger partial charge in [0.1, 0.15) is 22.5 Å². The van der Waals surface area contributed by atoms with Crippen LogP contribution in [0.25, 0.3) is 21.7 Å². The van der Waals surface area contributed by atoms with E-state index in [1.165, 1.54) is 0 Å². The Bertz CT molecular complexity index is 1220. The van der Waals surface area contributed by atoms with E-state index >= 15 is 0 Å². The predicted octanol–water partition coefficient (Wildman–Crippen LogP) is 5.10. The van der Waals surface area contributed by atoms with Gasteiger partial charge >= 0.3 is 6.09 Å². The number of thiazole rings is 1. The molecule has 1 amide bonds. The molecule has 3 fully saturated rings. The smallest absolute Gasteiger partial charge is 0.410 e. The van der Waals surface area contributed by atoms with Gasteiger partial charge in [0.2, 0.25) is 0 Å². The molecule has 3 saturated heterocycles. The zero-order valence-electron chi connectivity index (χ0n) is 20.9. The first kappa shape index (κ1) is 23.5. The maximum absolute atomic E-state index is 12.9. The lowest BCUT2D eigenvalue weighted by atomic mass is 10.1. The first-order valence-electron chi connectivity index (χ1n) is 12.7. The molecule has 0 spiro atoms. The van der Waals surface area contributed by atoms with Crippen molar-refractivity contribution in [3.8, 4) is 16.3 Å². The van der Waals surface area contributed by atoms with Crippen LogP contribution in [0.1, 0.15) is 46.5 Å². The molecule has 0 radical (unpaired) electrons. The molecule has 2 bridgehead atoms. The molecule has 192 valence electrons. The summed E-state index contributed by atoms with van der Waals surface area (Å²) >= 11 is 1.56. The lowest BCUT2D eigenvalue weighted by Gasteiger charge is -2.40. The van der Waals surface area contributed by atoms with Crippen molar-refractivity contribution in [2.45, 2.75) is 70.2 Å². The monoisotopic (exact) mass is 512 g/mol. The fourth-order valence-corrected chi connectivity index (χ4v) is 6.04. The molecule has 3 unspecified atom stereocenters. The van der Waals surface area contributed by atoms with Gasteiger partial charge in [-0.1, -0.05) is 0 Å². The molecule has 0 N–H and O–H groups in total. The van der Waals surface area contributed by atoms with Crippen molar-refractivity contribution in [3.05, 3.63) is 23.7 Å². The van der Waals surface area contributed by atoms with E-state index in [0.717, 1.165) is 42.9 Å². The van der Waals surface area contributed by atoms with Crippen molar-refractivity contribution in [2.75, 3.05) is 31.2 Å². The summed E-state index contributed by atoms with van der Waals surface area (Å²) in [5, 5.41) is 2.83. The maximum Gasteiger partial charge on any atom is 0.410 e. The number of nitrogens with zero attached hydrogens (tertiary/aromatic N) is 4. The van der Waals surface area contributed by atoms with E-state index in [1.54, 1.807) is 17.5 Å². The molecule has 2 aromatic heterocycles. The minimum absolute atomic E-state index is 0.000954. The zero-order valence-corrected chi connectivity index (χ0v) is 21.8. The van der Waals surface area contributed by atoms with Gasteiger partial charge in [0.15, 0.2) is 11.1 Å². The van der Waals surface area contributed by atoms with E-state index in [1.807, 2.05) is 43.2 Å². The standard InChI is InChI=1S/C26H32N4O5S/c1-26(2,3)35-25(31)30-16-6-7-17(30)14-29(13-16)24-28-21-20(33-18-5-4-11-32-15-18)9-8-19(22(21)34-24)23-27-10-12-36-23/h8-10,12,16-18H,4-7,11,13-15H2,1-3H3. The van der Waals surface area contributed by atoms with Gasteiger partial charge in [0.05, 0.1) is 24.3 Å². The third kappa shape index (κ3) is 4.52. The Hall–Kier alpha value is -2.85. The van der Waals surface area contributed by atoms with Crippen molar-refractivity contribution in [1.29, 1.82) is 0 Å². The highest BCUT2D eigenvalue weighted by atomic mass is 32.1. The number of fused-ring (bicyclic) bond motifs is 3. The van der Waals surface area contributed by atoms with E-state index in [9.17, 15) is 4.79 Å². The minimum Gasteiger partial charge on any atom is -0.486 e. The molecular formula is C26H32N4O5S. The van der Waals surface area contributed by atoms with Crippen LogP contribution < -0.4 is 9.64 Å². The van der Waals surface area contributed by atoms with Crippen LogP contribution in [0.4, 0.5) is 10.8 Å². The van der Waals surface area contributed by atoms with Crippen LogP contribution in [0.2, 0.25) is 0 Å². The number of rotatable bonds is 4. The third-order valence-electron chi connectivity index (χ3n) is 6.93. The Kier molecular flexibility index (Phi) is 6.03. The summed E-state index contributed by atoms with van der Waals surface area (Å²) in [4.78, 5) is 26.4. The quantitative estimate of drug-likeness (QED) is 0.477. The molecule has 3 aliphatic rings. The van der Waals surface area contributed by atoms with Crippen LogP contribution in [-0.2, 0) is 9.47 Å². The summed E-state index contributed by atoms with van der Waals surface area (Å²) in [5.41, 5.74) is 1.77. The second-order valence-electron chi connectivity index (χ2n) is 10.8. The second kappa shape index (κ2) is 9.23. The van der Waals surface area contributed by atoms with Crippen molar-refractivity contribution < 1.29 is 23.4 Å². The Morgan fingerprint density at radius 2 is 1.97 bits per heavy atom. The number of oxazole rings is 1. The average molecular weight is 513 g/mol. The summed E-state index contributed by atoms with van der Waals surface area (Å²) in [6.45, 7) is 8.38. The van der Waals surface area contributed by atoms with Gasteiger partial charge in [-0.3, -0.25) is 4.90 Å². The van der Waals surface area contributed by atoms with Gasteiger partial charge in [-0.2, -0.15) is 4.98 Å². The molecule has 9 nitrogen and oxygen atoms in total. The van der Waals surface area contributed by atoms with Gasteiger partial charge in [0.25, 0.3) is 6.01 Å². The molecule has 36 heavy (non-hydrogen) atoms. The highest BCUT2D eigenvalue weighted by molar-refractivity contribution is 7.13. The number of carbonyl (C=O) groups is 1. The number of hydrogen-bond donors (Lipinski definition) is 0. The van der Waals surface area contributed by atoms with E-state index in [0.29, 0.717) is 42.6 Å². The number of ether oxygens (including phenoxy) is 3. The summed E-state index contributed by atoms with van der Waals surface area (Å²) < 4.78 is 24.1. The largest absolute Gasteiger partial charge is 0.486 e. The lowest BCUT2D eigenvalue weighted by Crippen LogP contribution is -2.56. The molecule has 0 saturated carbocycles. The van der Waals surface area contributed by atoms with E-state index in [4.69, 9.17) is 23.6 Å². The average Bonchev–Trinajstić information content (AvgIpc) is 3.57. The fraction of sp³-hybridized carbons (Fsp3) is 0.577. The summed E-state index contributed by atoms with van der Waals surface area (Å²) in [5.74, 6) is 0.700. The Morgan fingerprint density at radius 3 is 2.64 bits per heavy atom. The van der Waals surface area contributed by atoms with Crippen molar-refractivity contribution in [3.63, 3.8) is 0 Å². The van der Waals surface area contributed by atoms with Crippen LogP contribution in [0, 0.1) is 0 Å². The summed E-state index contributed by atoms with van der Waals surface area (Å²) in [6.07, 6.45) is 5.39. The van der Waals surface area contributed by atoms with Crippen molar-refractivity contribution >= 4 is 34.5 Å². The SMILES string of the molecule is CC(C)(C)OC(=O)N1C2CCC1CN(c1nc3c(OC4CCCOC4)ccc(-c4nccs4)c3o1)C2. The molecule has 3 aromatic rings. The molecule has 5 heterocycles. The molecule has 6 rings (SSSR count). The van der Waals surface area contributed by atoms with Gasteiger partial charge in [-0.05, 0) is 58.6 Å². The van der Waals surface area contributed by atoms with E-state index < -0.39 is 5.60 Å². The maximum atomic E-state index is 12.9. The number of amides is 1. The molecule has 3 aliphatic heterocycles. The van der Waals surface area contributed by atoms with E-state index in [-0.39, 0.29) is 24.3 Å². The first-order valence-corrected chi connectivity index (χ1v) is 13.6. The summed E-state index contributed by atoms with van der Waals surface area (Å²) in [6, 6.07) is 4.66. The Morgan fingerprint density at radius 1 is 1.17 bits per heavy atom. The first-order chi connectivity index (χ1) is 17.4. The van der Waals surface area contributed by atoms with Gasteiger partial charge in [0, 0.05) is 31.3 Å². The number of anilines is 1. The number of carbonyl (C=O) groups excluding carboxylic acids is 1. The molecule has 1 aromatic carbocycles. The number of aromatic nitrogens is 2. The van der Waals surface area contributed by atoms with Crippen LogP contribution in [0.5, 0.6) is 5.75 Å². The van der Waals surface area contributed by atoms with Crippen molar-refractivity contribution in [2.24, 2.45) is 0 Å². The van der Waals surface area contributed by atoms with Crippen LogP contribution in [0.15, 0.2) is 28.1 Å². The van der Waals surface area contributed by atoms with Crippen LogP contribution in [-0.4, -0.2) is 71.1 Å². The predicted molar refractivity (Wildman–Crippen MR) is 137 cm³/mol. The lowest BCUT2D eigenvalue weighted by molar-refractivity contribution is 0.00801. The Balaban J connectivity index is 1.30. The zero-order chi connectivity index (χ0) is 24.9. The minimum atomic E-state index is -0.514. The van der Waals surface area contributed by atoms with Gasteiger partial charge in [-0.15, -0.1) is 11.3 Å². The molecule has 0 aliphatic carbocycles. The highest BCUT2D eigenvalue weighted by Crippen LogP contribution is 2.40. The molecule has 3 atom stereocenters. The second-order valence-corrected chi connectivity index (χ2v) is 11.7. The Labute approximate surface area is 214 Å².